The van der Waals surface area contributed by atoms with Crippen molar-refractivity contribution in [3.8, 4) is 11.4 Å². The van der Waals surface area contributed by atoms with E-state index in [0.29, 0.717) is 10.2 Å². The molecule has 0 radical (unpaired) electrons. The Labute approximate surface area is 196 Å². The lowest BCUT2D eigenvalue weighted by Gasteiger charge is -2.33. The highest BCUT2D eigenvalue weighted by atomic mass is 32.2. The minimum absolute atomic E-state index is 0.0215. The predicted octanol–water partition coefficient (Wildman–Crippen LogP) is 4.87. The molecular weight excluding hydrogens is 472 g/mol. The van der Waals surface area contributed by atoms with Gasteiger partial charge in [0, 0.05) is 27.3 Å². The first-order chi connectivity index (χ1) is 15.4. The molecule has 0 fully saturated rings. The monoisotopic (exact) mass is 491 g/mol. The van der Waals surface area contributed by atoms with Crippen molar-refractivity contribution < 1.29 is 13.9 Å². The normalized spacial score (nSPS) is 14.3. The van der Waals surface area contributed by atoms with Crippen molar-refractivity contribution in [2.75, 3.05) is 6.26 Å². The van der Waals surface area contributed by atoms with Gasteiger partial charge in [0.15, 0.2) is 10.2 Å². The summed E-state index contributed by atoms with van der Waals surface area (Å²) in [4.78, 5) is 9.61. The summed E-state index contributed by atoms with van der Waals surface area (Å²) in [6.07, 6.45) is 4.78. The number of rotatable bonds is 8. The predicted molar refractivity (Wildman–Crippen MR) is 123 cm³/mol. The smallest absolute Gasteiger partial charge is 0.174 e. The summed E-state index contributed by atoms with van der Waals surface area (Å²) < 4.78 is 34.6. The standard InChI is InChI=1S/C21H19F2N5OS3/c1-13(31-20-26-19(27-32-20)14-3-6-16(30-2)7-4-14)21(29,10-28-12-24-11-25-28)17-8-5-15(22)9-18(17)23/h3-9,11-13,29H,10H2,1-2H3/t13-,21-/m1/s1. The van der Waals surface area contributed by atoms with E-state index >= 15 is 0 Å². The van der Waals surface area contributed by atoms with Crippen LogP contribution in [0.5, 0.6) is 0 Å². The molecule has 0 bridgehead atoms. The fourth-order valence-electron chi connectivity index (χ4n) is 3.20. The topological polar surface area (TPSA) is 76.7 Å². The maximum atomic E-state index is 14.7. The van der Waals surface area contributed by atoms with Gasteiger partial charge in [-0.1, -0.05) is 30.0 Å². The molecule has 2 aromatic heterocycles. The molecule has 11 heteroatoms. The summed E-state index contributed by atoms with van der Waals surface area (Å²) in [5.74, 6) is -0.951. The van der Waals surface area contributed by atoms with E-state index in [1.165, 1.54) is 46.7 Å². The fourth-order valence-corrected chi connectivity index (χ4v) is 5.60. The number of aromatic nitrogens is 5. The van der Waals surface area contributed by atoms with Crippen molar-refractivity contribution in [2.45, 2.75) is 33.6 Å². The minimum Gasteiger partial charge on any atom is -0.382 e. The molecule has 1 N–H and O–H groups in total. The lowest BCUT2D eigenvalue weighted by molar-refractivity contribution is 0.0133. The second-order valence-electron chi connectivity index (χ2n) is 7.01. The van der Waals surface area contributed by atoms with Crippen LogP contribution in [-0.2, 0) is 12.1 Å². The third kappa shape index (κ3) is 4.85. The van der Waals surface area contributed by atoms with Crippen LogP contribution >= 0.6 is 35.1 Å². The SMILES string of the molecule is CSc1ccc(-c2nsc(S[C@H](C)[C@](O)(Cn3cncn3)c3ccc(F)cc3F)n2)cc1. The van der Waals surface area contributed by atoms with E-state index in [4.69, 9.17) is 0 Å². The maximum absolute atomic E-state index is 14.7. The molecule has 32 heavy (non-hydrogen) atoms. The highest BCUT2D eigenvalue weighted by molar-refractivity contribution is 8.01. The number of thioether (sulfide) groups is 2. The third-order valence-corrected chi connectivity index (χ3v) is 7.78. The van der Waals surface area contributed by atoms with Crippen molar-refractivity contribution in [2.24, 2.45) is 0 Å². The van der Waals surface area contributed by atoms with Gasteiger partial charge in [-0.2, -0.15) is 9.47 Å². The fraction of sp³-hybridized carbons (Fsp3) is 0.238. The van der Waals surface area contributed by atoms with Gasteiger partial charge in [0.2, 0.25) is 0 Å². The van der Waals surface area contributed by atoms with Crippen LogP contribution in [0.1, 0.15) is 12.5 Å². The van der Waals surface area contributed by atoms with Crippen LogP contribution in [0, 0.1) is 11.6 Å². The molecule has 0 spiro atoms. The van der Waals surface area contributed by atoms with Crippen molar-refractivity contribution in [1.82, 2.24) is 24.1 Å². The van der Waals surface area contributed by atoms with E-state index < -0.39 is 22.5 Å². The lowest BCUT2D eigenvalue weighted by Crippen LogP contribution is -2.41. The summed E-state index contributed by atoms with van der Waals surface area (Å²) in [5.41, 5.74) is -0.838. The summed E-state index contributed by atoms with van der Waals surface area (Å²) in [6, 6.07) is 11.1. The van der Waals surface area contributed by atoms with Crippen LogP contribution in [-0.4, -0.2) is 40.7 Å². The first-order valence-electron chi connectivity index (χ1n) is 9.54. The average molecular weight is 492 g/mol. The van der Waals surface area contributed by atoms with Crippen LogP contribution < -0.4 is 0 Å². The van der Waals surface area contributed by atoms with Crippen LogP contribution in [0.4, 0.5) is 8.78 Å². The molecule has 2 aromatic carbocycles. The molecule has 0 amide bonds. The largest absolute Gasteiger partial charge is 0.382 e. The highest BCUT2D eigenvalue weighted by Crippen LogP contribution is 2.40. The number of benzene rings is 2. The quantitative estimate of drug-likeness (QED) is 0.353. The second kappa shape index (κ2) is 9.65. The zero-order valence-electron chi connectivity index (χ0n) is 17.1. The Bertz CT molecular complexity index is 1190. The first kappa shape index (κ1) is 22.8. The summed E-state index contributed by atoms with van der Waals surface area (Å²) >= 11 is 4.13. The van der Waals surface area contributed by atoms with Crippen molar-refractivity contribution in [3.63, 3.8) is 0 Å². The Morgan fingerprint density at radius 1 is 1.19 bits per heavy atom. The average Bonchev–Trinajstić information content (AvgIpc) is 3.46. The Morgan fingerprint density at radius 2 is 1.97 bits per heavy atom. The zero-order chi connectivity index (χ0) is 22.7. The van der Waals surface area contributed by atoms with Crippen LogP contribution in [0.2, 0.25) is 0 Å². The number of hydrogen-bond donors (Lipinski definition) is 1. The Balaban J connectivity index is 1.61. The molecule has 4 rings (SSSR count). The van der Waals surface area contributed by atoms with E-state index in [-0.39, 0.29) is 12.1 Å². The molecule has 0 unspecified atom stereocenters. The van der Waals surface area contributed by atoms with Crippen LogP contribution in [0.15, 0.2) is 64.4 Å². The molecule has 166 valence electrons. The Kier molecular flexibility index (Phi) is 6.89. The van der Waals surface area contributed by atoms with E-state index in [0.717, 1.165) is 22.6 Å². The molecule has 0 saturated carbocycles. The third-order valence-electron chi connectivity index (χ3n) is 4.97. The van der Waals surface area contributed by atoms with Gasteiger partial charge in [-0.05, 0) is 42.9 Å². The molecule has 0 aliphatic rings. The van der Waals surface area contributed by atoms with Crippen LogP contribution in [0.25, 0.3) is 11.4 Å². The minimum atomic E-state index is -1.71. The van der Waals surface area contributed by atoms with E-state index in [1.54, 1.807) is 18.7 Å². The van der Waals surface area contributed by atoms with Gasteiger partial charge in [0.05, 0.1) is 6.54 Å². The number of hydrogen-bond acceptors (Lipinski definition) is 8. The van der Waals surface area contributed by atoms with Gasteiger partial charge in [-0.3, -0.25) is 0 Å². The molecule has 0 aliphatic carbocycles. The number of aliphatic hydroxyl groups is 1. The Hall–Kier alpha value is -2.34. The summed E-state index contributed by atoms with van der Waals surface area (Å²) in [6.45, 7) is 1.70. The zero-order valence-corrected chi connectivity index (χ0v) is 19.6. The molecule has 0 aliphatic heterocycles. The molecular formula is C21H19F2N5OS3. The Morgan fingerprint density at radius 3 is 2.62 bits per heavy atom. The van der Waals surface area contributed by atoms with Gasteiger partial charge < -0.3 is 5.11 Å². The van der Waals surface area contributed by atoms with Crippen molar-refractivity contribution in [1.29, 1.82) is 0 Å². The molecule has 6 nitrogen and oxygen atoms in total. The molecule has 2 heterocycles. The van der Waals surface area contributed by atoms with E-state index in [2.05, 4.69) is 19.4 Å². The summed E-state index contributed by atoms with van der Waals surface area (Å²) in [5, 5.41) is 15.1. The number of nitrogens with zero attached hydrogens (tertiary/aromatic N) is 5. The van der Waals surface area contributed by atoms with Gasteiger partial charge in [-0.15, -0.1) is 11.8 Å². The summed E-state index contributed by atoms with van der Waals surface area (Å²) in [7, 11) is 0. The van der Waals surface area contributed by atoms with Crippen molar-refractivity contribution in [3.05, 3.63) is 72.3 Å². The molecule has 2 atom stereocenters. The van der Waals surface area contributed by atoms with E-state index in [9.17, 15) is 13.9 Å². The van der Waals surface area contributed by atoms with Gasteiger partial charge >= 0.3 is 0 Å². The van der Waals surface area contributed by atoms with Gasteiger partial charge in [0.25, 0.3) is 0 Å². The maximum Gasteiger partial charge on any atom is 0.174 e. The first-order valence-corrected chi connectivity index (χ1v) is 12.4. The van der Waals surface area contributed by atoms with Gasteiger partial charge in [-0.25, -0.2) is 23.4 Å². The highest BCUT2D eigenvalue weighted by Gasteiger charge is 2.40. The second-order valence-corrected chi connectivity index (χ2v) is 10.2. The van der Waals surface area contributed by atoms with Crippen molar-refractivity contribution >= 4 is 35.1 Å². The van der Waals surface area contributed by atoms with Crippen LogP contribution in [0.3, 0.4) is 0 Å². The van der Waals surface area contributed by atoms with E-state index in [1.807, 2.05) is 30.5 Å². The number of halogens is 2. The lowest BCUT2D eigenvalue weighted by atomic mass is 9.90. The van der Waals surface area contributed by atoms with Gasteiger partial charge in [0.1, 0.15) is 29.9 Å². The molecule has 0 saturated heterocycles. The molecule has 4 aromatic rings.